The molecule has 2 aromatic carbocycles. The van der Waals surface area contributed by atoms with Crippen LogP contribution in [0, 0.1) is 6.92 Å². The van der Waals surface area contributed by atoms with E-state index in [2.05, 4.69) is 36.1 Å². The highest BCUT2D eigenvalue weighted by Gasteiger charge is 2.35. The third-order valence-corrected chi connectivity index (χ3v) is 9.52. The number of halogens is 3. The van der Waals surface area contributed by atoms with Crippen molar-refractivity contribution < 1.29 is 32.3 Å². The number of aryl methyl sites for hydroxylation is 1. The summed E-state index contributed by atoms with van der Waals surface area (Å²) in [5.74, 6) is 0.211. The highest BCUT2D eigenvalue weighted by atomic mass is 19.4. The summed E-state index contributed by atoms with van der Waals surface area (Å²) in [5.41, 5.74) is 3.49. The van der Waals surface area contributed by atoms with Gasteiger partial charge in [-0.25, -0.2) is 9.78 Å². The zero-order chi connectivity index (χ0) is 38.6. The number of alkyl halides is 3. The number of piperidine rings is 1. The zero-order valence-corrected chi connectivity index (χ0v) is 30.5. The van der Waals surface area contributed by atoms with Crippen LogP contribution in [0.15, 0.2) is 67.1 Å². The minimum absolute atomic E-state index is 0.154. The molecule has 4 amide bonds. The number of urea groups is 1. The summed E-state index contributed by atoms with van der Waals surface area (Å²) in [6.45, 7) is 8.37. The van der Waals surface area contributed by atoms with E-state index in [0.717, 1.165) is 48.8 Å². The van der Waals surface area contributed by atoms with E-state index in [9.17, 15) is 27.6 Å². The Kier molecular flexibility index (Phi) is 11.4. The van der Waals surface area contributed by atoms with Gasteiger partial charge in [-0.1, -0.05) is 12.1 Å². The van der Waals surface area contributed by atoms with Crippen molar-refractivity contribution in [1.82, 2.24) is 25.5 Å². The molecule has 0 radical (unpaired) electrons. The topological polar surface area (TPSA) is 141 Å². The molecule has 2 aromatic heterocycles. The summed E-state index contributed by atoms with van der Waals surface area (Å²) in [5, 5.41) is 10.9. The van der Waals surface area contributed by atoms with E-state index >= 15 is 0 Å². The van der Waals surface area contributed by atoms with E-state index in [4.69, 9.17) is 4.74 Å². The van der Waals surface area contributed by atoms with Gasteiger partial charge in [-0.05, 0) is 99.6 Å². The van der Waals surface area contributed by atoms with E-state index in [1.807, 2.05) is 39.0 Å². The third kappa shape index (κ3) is 8.73. The van der Waals surface area contributed by atoms with Gasteiger partial charge in [0.1, 0.15) is 11.6 Å². The van der Waals surface area contributed by atoms with Gasteiger partial charge in [0.25, 0.3) is 5.91 Å². The quantitative estimate of drug-likeness (QED) is 0.125. The molecule has 0 bridgehead atoms. The Morgan fingerprint density at radius 3 is 2.46 bits per heavy atom. The first-order chi connectivity index (χ1) is 25.8. The van der Waals surface area contributed by atoms with Crippen molar-refractivity contribution in [1.29, 1.82) is 0 Å². The fourth-order valence-corrected chi connectivity index (χ4v) is 6.88. The maximum absolute atomic E-state index is 14.1. The molecule has 2 saturated heterocycles. The molecule has 6 rings (SSSR count). The van der Waals surface area contributed by atoms with Gasteiger partial charge in [-0.15, -0.1) is 0 Å². The Balaban J connectivity index is 1.20. The van der Waals surface area contributed by atoms with Gasteiger partial charge in [0, 0.05) is 45.0 Å². The first kappa shape index (κ1) is 38.0. The number of aromatic nitrogens is 2. The second-order valence-electron chi connectivity index (χ2n) is 13.7. The van der Waals surface area contributed by atoms with Gasteiger partial charge in [0.2, 0.25) is 5.91 Å². The summed E-state index contributed by atoms with van der Waals surface area (Å²) < 4.78 is 48.7. The van der Waals surface area contributed by atoms with Crippen LogP contribution >= 0.6 is 0 Å². The number of pyridine rings is 2. The van der Waals surface area contributed by atoms with Crippen LogP contribution in [0.2, 0.25) is 0 Å². The molecular weight excluding hydrogens is 701 g/mol. The van der Waals surface area contributed by atoms with Gasteiger partial charge in [0.15, 0.2) is 0 Å². The first-order valence-electron chi connectivity index (χ1n) is 17.8. The molecule has 0 aliphatic carbocycles. The van der Waals surface area contributed by atoms with Gasteiger partial charge >= 0.3 is 12.2 Å². The summed E-state index contributed by atoms with van der Waals surface area (Å²) >= 11 is 0. The van der Waals surface area contributed by atoms with Crippen LogP contribution in [-0.4, -0.2) is 65.5 Å². The predicted molar refractivity (Wildman–Crippen MR) is 200 cm³/mol. The zero-order valence-electron chi connectivity index (χ0n) is 30.5. The average molecular weight is 745 g/mol. The van der Waals surface area contributed by atoms with Gasteiger partial charge in [-0.2, -0.15) is 13.2 Å². The summed E-state index contributed by atoms with van der Waals surface area (Å²) in [7, 11) is 1.45. The van der Waals surface area contributed by atoms with Crippen molar-refractivity contribution in [3.05, 3.63) is 94.9 Å². The fourth-order valence-electron chi connectivity index (χ4n) is 6.88. The standard InChI is InChI=1S/C39H43F3N8O4/c1-23(2)54-34-18-28(25-10-14-49(15-11-25)22-26-9-13-44-21-33(26)50-16-12-36(51)48-38(50)53)24(3)17-32(34)47-35-19-31(29(20-45-35)39(40,41)42)46-30-8-6-5-7-27(30)37(52)43-4/h5-9,13,17-21,23,25H,10-12,14-16,22H2,1-4H3,(H,43,52)(H2,45,46,47)(H,48,51,53). The van der Waals surface area contributed by atoms with Crippen molar-refractivity contribution in [3.8, 4) is 5.75 Å². The Hall–Kier alpha value is -5.70. The van der Waals surface area contributed by atoms with Crippen LogP contribution in [-0.2, 0) is 17.5 Å². The number of rotatable bonds is 11. The Morgan fingerprint density at radius 2 is 1.76 bits per heavy atom. The van der Waals surface area contributed by atoms with Gasteiger partial charge < -0.3 is 20.7 Å². The largest absolute Gasteiger partial charge is 0.489 e. The monoisotopic (exact) mass is 744 g/mol. The Labute approximate surface area is 311 Å². The SMILES string of the molecule is CNC(=O)c1ccccc1Nc1cc(Nc2cc(C)c(C3CCN(Cc4ccncc4N4CCC(=O)NC4=O)CC3)cc2OC(C)C)ncc1C(F)(F)F. The molecule has 12 nitrogen and oxygen atoms in total. The molecule has 284 valence electrons. The molecule has 54 heavy (non-hydrogen) atoms. The van der Waals surface area contributed by atoms with Crippen molar-refractivity contribution in [2.75, 3.05) is 42.2 Å². The van der Waals surface area contributed by atoms with Crippen molar-refractivity contribution in [3.63, 3.8) is 0 Å². The summed E-state index contributed by atoms with van der Waals surface area (Å²) in [6, 6.07) is 13.0. The highest BCUT2D eigenvalue weighted by molar-refractivity contribution is 6.05. The number of likely N-dealkylation sites (tertiary alicyclic amines) is 1. The lowest BCUT2D eigenvalue weighted by atomic mass is 9.86. The van der Waals surface area contributed by atoms with Crippen LogP contribution < -0.4 is 30.9 Å². The number of nitrogens with zero attached hydrogens (tertiary/aromatic N) is 4. The van der Waals surface area contributed by atoms with Crippen molar-refractivity contribution in [2.45, 2.75) is 64.8 Å². The van der Waals surface area contributed by atoms with E-state index in [1.54, 1.807) is 29.4 Å². The fraction of sp³-hybridized carbons (Fsp3) is 0.359. The smallest absolute Gasteiger partial charge is 0.419 e. The minimum Gasteiger partial charge on any atom is -0.489 e. The first-order valence-corrected chi connectivity index (χ1v) is 17.8. The molecular formula is C39H43F3N8O4. The van der Waals surface area contributed by atoms with Crippen LogP contribution in [0.4, 0.5) is 46.5 Å². The molecule has 4 N–H and O–H groups in total. The number of nitrogens with one attached hydrogen (secondary N) is 4. The lowest BCUT2D eigenvalue weighted by Gasteiger charge is -2.34. The number of hydrogen-bond donors (Lipinski definition) is 4. The van der Waals surface area contributed by atoms with Crippen LogP contribution in [0.3, 0.4) is 0 Å². The van der Waals surface area contributed by atoms with E-state index in [1.165, 1.54) is 25.2 Å². The number of carbonyl (C=O) groups is 3. The van der Waals surface area contributed by atoms with Gasteiger partial charge in [-0.3, -0.25) is 29.7 Å². The Bertz CT molecular complexity index is 2030. The lowest BCUT2D eigenvalue weighted by Crippen LogP contribution is -2.50. The molecule has 2 aliphatic rings. The third-order valence-electron chi connectivity index (χ3n) is 9.52. The number of carbonyl (C=O) groups excluding carboxylic acids is 3. The normalized spacial score (nSPS) is 15.6. The number of amides is 4. The van der Waals surface area contributed by atoms with Crippen LogP contribution in [0.5, 0.6) is 5.75 Å². The lowest BCUT2D eigenvalue weighted by molar-refractivity contribution is -0.137. The van der Waals surface area contributed by atoms with E-state index < -0.39 is 23.7 Å². The highest BCUT2D eigenvalue weighted by Crippen LogP contribution is 2.41. The number of anilines is 5. The molecule has 2 aliphatic heterocycles. The predicted octanol–water partition coefficient (Wildman–Crippen LogP) is 7.26. The Morgan fingerprint density at radius 1 is 1.00 bits per heavy atom. The summed E-state index contributed by atoms with van der Waals surface area (Å²) in [6.07, 6.45) is 1.23. The maximum Gasteiger partial charge on any atom is 0.419 e. The minimum atomic E-state index is -4.71. The summed E-state index contributed by atoms with van der Waals surface area (Å²) in [4.78, 5) is 48.9. The molecule has 15 heteroatoms. The van der Waals surface area contributed by atoms with E-state index in [-0.39, 0.29) is 47.1 Å². The number of benzene rings is 2. The number of imide groups is 1. The van der Waals surface area contributed by atoms with Crippen LogP contribution in [0.25, 0.3) is 0 Å². The number of para-hydroxylation sites is 1. The van der Waals surface area contributed by atoms with Crippen molar-refractivity contribution >= 4 is 46.4 Å². The number of ether oxygens (including phenoxy) is 1. The molecule has 0 atom stereocenters. The maximum atomic E-state index is 14.1. The van der Waals surface area contributed by atoms with Crippen molar-refractivity contribution in [2.24, 2.45) is 0 Å². The second-order valence-corrected chi connectivity index (χ2v) is 13.7. The molecule has 4 heterocycles. The van der Waals surface area contributed by atoms with Crippen LogP contribution in [0.1, 0.15) is 71.6 Å². The molecule has 0 unspecified atom stereocenters. The molecule has 0 saturated carbocycles. The number of hydrogen-bond acceptors (Lipinski definition) is 9. The molecule has 2 fully saturated rings. The molecule has 0 spiro atoms. The molecule has 4 aromatic rings. The second kappa shape index (κ2) is 16.1. The average Bonchev–Trinajstić information content (AvgIpc) is 3.13. The van der Waals surface area contributed by atoms with Gasteiger partial charge in [0.05, 0.1) is 46.2 Å². The van der Waals surface area contributed by atoms with E-state index in [0.29, 0.717) is 30.2 Å².